The van der Waals surface area contributed by atoms with E-state index in [1.807, 2.05) is 37.3 Å². The first-order valence-corrected chi connectivity index (χ1v) is 42.3. The van der Waals surface area contributed by atoms with Gasteiger partial charge in [0.2, 0.25) is 23.4 Å². The molecule has 29 heteroatoms. The highest BCUT2D eigenvalue weighted by atomic mass is 35.5. The number of amides is 2. The van der Waals surface area contributed by atoms with Crippen LogP contribution in [0.3, 0.4) is 0 Å². The molecular weight excluding hydrogens is 1590 g/mol. The number of ether oxygens (including phenoxy) is 8. The van der Waals surface area contributed by atoms with Crippen molar-refractivity contribution in [2.75, 3.05) is 93.0 Å². The minimum Gasteiger partial charge on any atom is -0.394 e. The number of rotatable bonds is 15. The van der Waals surface area contributed by atoms with Gasteiger partial charge in [-0.3, -0.25) is 14.4 Å². The third kappa shape index (κ3) is 15.1. The van der Waals surface area contributed by atoms with Crippen LogP contribution < -0.4 is 28.0 Å². The number of hydrogen-bond acceptors (Lipinski definition) is 24. The van der Waals surface area contributed by atoms with Crippen LogP contribution in [0.4, 0.5) is 0 Å². The zero-order valence-corrected chi connectivity index (χ0v) is 70.7. The minimum absolute atomic E-state index is 0. The Labute approximate surface area is 725 Å². The molecule has 4 spiro atoms. The molecule has 4 aliphatic heterocycles. The number of nitrogens with one attached hydrogen (secondary N) is 2. The molecule has 0 bridgehead atoms. The van der Waals surface area contributed by atoms with E-state index in [0.29, 0.717) is 109 Å². The number of oxime groups is 3. The van der Waals surface area contributed by atoms with Gasteiger partial charge in [0.25, 0.3) is 0 Å². The van der Waals surface area contributed by atoms with Gasteiger partial charge in [-0.1, -0.05) is 171 Å². The first-order valence-electron chi connectivity index (χ1n) is 41.1. The van der Waals surface area contributed by atoms with Crippen LogP contribution in [-0.4, -0.2) is 199 Å². The Morgan fingerprint density at radius 2 is 0.815 bits per heavy atom. The normalized spacial score (nSPS) is 45.5. The fourth-order valence-electron chi connectivity index (χ4n) is 26.4. The second kappa shape index (κ2) is 37.7. The van der Waals surface area contributed by atoms with E-state index in [1.165, 1.54) is 19.4 Å². The van der Waals surface area contributed by atoms with Crippen LogP contribution in [0, 0.1) is 91.2 Å². The number of alkyl halides is 3. The van der Waals surface area contributed by atoms with Gasteiger partial charge in [0.1, 0.15) is 67.2 Å². The van der Waals surface area contributed by atoms with Crippen molar-refractivity contribution in [3.05, 3.63) is 71.4 Å². The van der Waals surface area contributed by atoms with E-state index in [2.05, 4.69) is 130 Å². The van der Waals surface area contributed by atoms with Crippen LogP contribution in [0.25, 0.3) is 0 Å². The molecule has 2 amide bonds. The molecule has 0 aromatic heterocycles. The topological polar surface area (TPSA) is 362 Å². The molecule has 4 heterocycles. The molecule has 16 rings (SSSR count). The van der Waals surface area contributed by atoms with Gasteiger partial charge in [-0.15, -0.1) is 34.8 Å². The Bertz CT molecular complexity index is 3880. The fraction of sp³-hybridized carbons (Fsp3) is 0.800. The van der Waals surface area contributed by atoms with Crippen LogP contribution in [-0.2, 0) is 71.6 Å². The Kier molecular flexibility index (Phi) is 32.3. The lowest BCUT2D eigenvalue weighted by Gasteiger charge is -2.64. The summed E-state index contributed by atoms with van der Waals surface area (Å²) in [5.74, 6) is 4.39. The second-order valence-electron chi connectivity index (χ2n) is 36.5. The minimum atomic E-state index is -0.957. The third-order valence-electron chi connectivity index (χ3n) is 31.8. The zero-order chi connectivity index (χ0) is 81.6. The van der Waals surface area contributed by atoms with Crippen LogP contribution in [0.15, 0.2) is 86.9 Å². The Morgan fingerprint density at radius 1 is 0.487 bits per heavy atom. The largest absolute Gasteiger partial charge is 0.394 e. The van der Waals surface area contributed by atoms with E-state index in [9.17, 15) is 29.7 Å². The highest BCUT2D eigenvalue weighted by Gasteiger charge is 2.84. The molecule has 678 valence electrons. The van der Waals surface area contributed by atoms with Crippen LogP contribution >= 0.6 is 34.8 Å². The zero-order valence-electron chi connectivity index (χ0n) is 68.4. The number of Topliss-reactive ketones (excluding diaryl/α,β-unsaturated/α-hetero) is 1. The maximum Gasteiger partial charge on any atom is 0.227 e. The molecule has 16 aliphatic rings. The smallest absolute Gasteiger partial charge is 0.227 e. The number of ketones is 1. The van der Waals surface area contributed by atoms with Crippen molar-refractivity contribution in [1.82, 2.24) is 10.6 Å². The van der Waals surface area contributed by atoms with Crippen molar-refractivity contribution < 1.29 is 86.9 Å². The molecular formula is C90H149Cl3N8O18. The predicted molar refractivity (Wildman–Crippen MR) is 466 cm³/mol. The molecule has 119 heavy (non-hydrogen) atoms. The van der Waals surface area contributed by atoms with Crippen molar-refractivity contribution in [2.45, 2.75) is 274 Å². The molecule has 2 unspecified atom stereocenters. The summed E-state index contributed by atoms with van der Waals surface area (Å²) in [6, 6.07) is 0. The number of nitrogens with zero attached hydrogens (tertiary/aromatic N) is 3. The summed E-state index contributed by atoms with van der Waals surface area (Å²) in [5, 5.41) is 53.8. The maximum atomic E-state index is 13.3. The van der Waals surface area contributed by atoms with Crippen LogP contribution in [0.2, 0.25) is 0 Å². The van der Waals surface area contributed by atoms with Gasteiger partial charge in [-0.2, -0.15) is 0 Å². The highest BCUT2D eigenvalue weighted by molar-refractivity contribution is 6.27. The lowest BCUT2D eigenvalue weighted by molar-refractivity contribution is -0.264. The van der Waals surface area contributed by atoms with Gasteiger partial charge in [-0.25, -0.2) is 5.90 Å². The number of nitrogens with two attached hydrogens (primary N) is 3. The summed E-state index contributed by atoms with van der Waals surface area (Å²) < 4.78 is 49.0. The molecule has 4 saturated heterocycles. The van der Waals surface area contributed by atoms with Gasteiger partial charge >= 0.3 is 0 Å². The summed E-state index contributed by atoms with van der Waals surface area (Å²) >= 11 is 23.0. The van der Waals surface area contributed by atoms with E-state index >= 15 is 0 Å². The van der Waals surface area contributed by atoms with Gasteiger partial charge in [0, 0.05) is 65.8 Å². The van der Waals surface area contributed by atoms with Crippen LogP contribution in [0.5, 0.6) is 0 Å². The number of fused-ring (bicyclic) bond motifs is 19. The van der Waals surface area contributed by atoms with Crippen molar-refractivity contribution >= 4 is 69.5 Å². The highest BCUT2D eigenvalue weighted by Crippen LogP contribution is 2.79. The van der Waals surface area contributed by atoms with Crippen molar-refractivity contribution in [1.29, 1.82) is 0 Å². The number of halogens is 3. The second-order valence-corrected chi connectivity index (χ2v) is 38.3. The van der Waals surface area contributed by atoms with E-state index in [-0.39, 0.29) is 148 Å². The molecule has 26 nitrogen and oxygen atoms in total. The van der Waals surface area contributed by atoms with Gasteiger partial charge in [0.15, 0.2) is 27.2 Å². The Hall–Kier alpha value is -4.27. The number of aliphatic hydroxyl groups is 3. The quantitative estimate of drug-likeness (QED) is 0.0429. The summed E-state index contributed by atoms with van der Waals surface area (Å²) in [6.07, 6.45) is 26.2. The lowest BCUT2D eigenvalue weighted by atomic mass is 9.44. The average molecular weight is 1740 g/mol. The van der Waals surface area contributed by atoms with Gasteiger partial charge in [-0.05, 0) is 172 Å². The molecule has 26 atom stereocenters. The summed E-state index contributed by atoms with van der Waals surface area (Å²) in [4.78, 5) is 52.9. The molecule has 0 aromatic rings. The SMILES string of the molecule is C.C.C.C.C.C.CC(=O)NCCO/N=C1\C=C[C@@]2(C)C(=C1)CC[C@H]1[C@@H]3C[C@H](C)[C@@]4(OCOC45COCO5)[C@@]3(C)C[C@H](O)[C@@]12Cl.CCC(=O)[C@@]1(C)[C@@H](C)C[C@H]2[C@@H]3CCC4=C/C(=N/OCCNC(C)=O)C=C[C@]4(C)[C@@]3(Cl)[C@@H](O)C[C@@]21C.C[C@H]1C[C@H]2[C@@H]3CCC4=C/C(=N/OCCN)C=C[C@]4(C)[C@@]3(Cl)[C@@H](O)C[C@]2(C)[C@]12OCOC21COCO1.NCCON. The molecule has 12 aliphatic carbocycles. The molecule has 9 saturated carbocycles. The standard InChI is InChI=1S/C28H39ClN2O7.C28H41ClN2O4.C26H37ClN2O6.C2H8N2O.6CH4/c1-17-11-22-21-6-5-19-12-20(31-38-10-9-30-18(2)32)7-8-24(19,3)27(21,29)23(33)13-25(22,4)28(17)26(36-16-37-28)14-34-15-35-26;1-7-23(33)27(6)17(2)14-22-21-9-8-19-15-20(31-35-13-12-30-18(3)32)10-11-25(19,4)28(21,29)24(34)16-26(22,27)5;1-16-10-20-19-5-4-17-11-18(29-35-9-8-28)6-7-22(17,2)25(19,27)21(30)12-23(20,3)26(16)24(33-15-34-26)13-31-14-32-24;3-1-2-5-4;;;;;;/h7-8,12,17,21-23,33H,5-6,9-11,13-16H2,1-4H3,(H,30,32);10-11,15,17,21-22,24,34H,7-9,12-14,16H2,1-6H3,(H,30,32);6-7,11,16,19-21,30H,4-5,8-10,12-15,28H2,1-3H3;1-4H2;6*1H4/b2*31-20+;29-18+;;;;;;;/t17-,21-,22-,23-,24-,25-,26?,27-,28+;17-,21-,22-,24-,25-,26-,27+,28-;16-,19-,20-,21-,22-,23-,24?,25-,26+;;;;;;;/m000......./s1. The van der Waals surface area contributed by atoms with Crippen LogP contribution in [0.1, 0.15) is 218 Å². The monoisotopic (exact) mass is 1740 g/mol. The maximum absolute atomic E-state index is 13.3. The molecule has 0 aromatic carbocycles. The Balaban J connectivity index is 0.000000234. The van der Waals surface area contributed by atoms with E-state index < -0.39 is 82.8 Å². The van der Waals surface area contributed by atoms with Crippen molar-refractivity contribution in [2.24, 2.45) is 124 Å². The summed E-state index contributed by atoms with van der Waals surface area (Å²) in [6.45, 7) is 31.4. The van der Waals surface area contributed by atoms with Gasteiger partial charge in [0.05, 0.1) is 52.6 Å². The number of allylic oxidation sites excluding steroid dienone is 12. The molecule has 13 fully saturated rings. The van der Waals surface area contributed by atoms with Crippen molar-refractivity contribution in [3.8, 4) is 0 Å². The van der Waals surface area contributed by atoms with E-state index in [0.717, 1.165) is 74.6 Å². The fourth-order valence-corrected chi connectivity index (χ4v) is 28.0. The number of carbonyl (C=O) groups is 3. The van der Waals surface area contributed by atoms with E-state index in [4.69, 9.17) is 98.7 Å². The van der Waals surface area contributed by atoms with Crippen molar-refractivity contribution in [3.63, 3.8) is 0 Å². The first kappa shape index (κ1) is 102. The summed E-state index contributed by atoms with van der Waals surface area (Å²) in [5.41, 5.74) is 11.7. The lowest BCUT2D eigenvalue weighted by Crippen LogP contribution is -2.71. The molecule has 0 radical (unpaired) electrons. The predicted octanol–water partition coefficient (Wildman–Crippen LogP) is 13.8. The average Bonchev–Trinajstić information content (AvgIpc) is 1.52. The number of aliphatic hydroxyl groups excluding tert-OH is 3. The summed E-state index contributed by atoms with van der Waals surface area (Å²) in [7, 11) is 0. The van der Waals surface area contributed by atoms with E-state index in [1.54, 1.807) is 0 Å². The number of hydrogen-bond donors (Lipinski definition) is 8. The Morgan fingerprint density at radius 3 is 1.13 bits per heavy atom. The first-order chi connectivity index (χ1) is 53.5. The van der Waals surface area contributed by atoms with Gasteiger partial charge < -0.3 is 94.7 Å². The third-order valence-corrected chi connectivity index (χ3v) is 34.6. The number of carbonyl (C=O) groups excluding carboxylic acids is 3. The molecule has 11 N–H and O–H groups in total.